The monoisotopic (exact) mass is 351 g/mol. The van der Waals surface area contributed by atoms with Gasteiger partial charge in [0.1, 0.15) is 0 Å². The van der Waals surface area contributed by atoms with Crippen molar-refractivity contribution in [1.82, 2.24) is 30.0 Å². The van der Waals surface area contributed by atoms with Gasteiger partial charge in [0.2, 0.25) is 5.95 Å². The van der Waals surface area contributed by atoms with E-state index in [2.05, 4.69) is 25.5 Å². The maximum atomic E-state index is 10.6. The van der Waals surface area contributed by atoms with Gasteiger partial charge in [-0.15, -0.1) is 0 Å². The normalized spacial score (nSPS) is 28.3. The van der Waals surface area contributed by atoms with E-state index in [9.17, 15) is 5.11 Å². The van der Waals surface area contributed by atoms with Gasteiger partial charge in [-0.1, -0.05) is 23.3 Å². The quantitative estimate of drug-likeness (QED) is 0.766. The number of tetrazole rings is 1. The Morgan fingerprint density at radius 1 is 1.00 bits per heavy atom. The Labute approximate surface area is 151 Å². The van der Waals surface area contributed by atoms with Crippen molar-refractivity contribution in [3.05, 3.63) is 48.8 Å². The molecule has 1 aliphatic heterocycles. The molecule has 0 amide bonds. The maximum absolute atomic E-state index is 10.6. The Morgan fingerprint density at radius 2 is 1.81 bits per heavy atom. The van der Waals surface area contributed by atoms with Crippen LogP contribution < -0.4 is 4.90 Å². The molecule has 5 rings (SSSR count). The number of aromatic nitrogens is 6. The van der Waals surface area contributed by atoms with Gasteiger partial charge in [0.05, 0.1) is 17.8 Å². The van der Waals surface area contributed by atoms with Crippen LogP contribution in [0.4, 0.5) is 5.95 Å². The highest BCUT2D eigenvalue weighted by Gasteiger charge is 2.43. The average Bonchev–Trinajstić information content (AvgIpc) is 3.41. The number of hydrogen-bond acceptors (Lipinski definition) is 6. The van der Waals surface area contributed by atoms with E-state index in [1.165, 1.54) is 0 Å². The fraction of sp³-hybridized carbons (Fsp3) is 0.444. The Morgan fingerprint density at radius 3 is 2.58 bits per heavy atom. The molecule has 3 heterocycles. The Hall–Kier alpha value is -2.74. The zero-order chi connectivity index (χ0) is 17.5. The van der Waals surface area contributed by atoms with Crippen LogP contribution in [0.2, 0.25) is 0 Å². The van der Waals surface area contributed by atoms with Crippen molar-refractivity contribution < 1.29 is 5.11 Å². The molecule has 8 nitrogen and oxygen atoms in total. The SMILES string of the molecule is O[C@@H]1C[C@H]2CN(c3nnnn3-c3ccccc3)C[C@H]2C[C@H]1n1cccn1. The smallest absolute Gasteiger partial charge is 0.250 e. The molecular formula is C18H21N7O. The second-order valence-corrected chi connectivity index (χ2v) is 7.24. The van der Waals surface area contributed by atoms with Crippen LogP contribution in [0.25, 0.3) is 5.69 Å². The summed E-state index contributed by atoms with van der Waals surface area (Å²) in [6, 6.07) is 11.9. The third-order valence-corrected chi connectivity index (χ3v) is 5.71. The van der Waals surface area contributed by atoms with Crippen LogP contribution in [-0.2, 0) is 0 Å². The summed E-state index contributed by atoms with van der Waals surface area (Å²) in [5, 5.41) is 27.3. The van der Waals surface area contributed by atoms with Crippen LogP contribution >= 0.6 is 0 Å². The Bertz CT molecular complexity index is 863. The van der Waals surface area contributed by atoms with Crippen molar-refractivity contribution in [1.29, 1.82) is 0 Å². The van der Waals surface area contributed by atoms with Crippen molar-refractivity contribution >= 4 is 5.95 Å². The number of para-hydroxylation sites is 1. The van der Waals surface area contributed by atoms with E-state index >= 15 is 0 Å². The van der Waals surface area contributed by atoms with E-state index < -0.39 is 0 Å². The predicted octanol–water partition coefficient (Wildman–Crippen LogP) is 1.31. The summed E-state index contributed by atoms with van der Waals surface area (Å²) < 4.78 is 3.69. The van der Waals surface area contributed by atoms with Crippen molar-refractivity contribution in [2.45, 2.75) is 25.0 Å². The van der Waals surface area contributed by atoms with Crippen molar-refractivity contribution in [3.63, 3.8) is 0 Å². The molecule has 134 valence electrons. The van der Waals surface area contributed by atoms with E-state index in [1.807, 2.05) is 47.3 Å². The molecule has 1 aliphatic carbocycles. The first kappa shape index (κ1) is 15.5. The number of benzene rings is 1. The molecule has 1 saturated carbocycles. The summed E-state index contributed by atoms with van der Waals surface area (Å²) in [4.78, 5) is 2.25. The molecule has 0 bridgehead atoms. The molecule has 2 fully saturated rings. The largest absolute Gasteiger partial charge is 0.391 e. The fourth-order valence-electron chi connectivity index (χ4n) is 4.45. The third-order valence-electron chi connectivity index (χ3n) is 5.71. The second kappa shape index (κ2) is 6.21. The van der Waals surface area contributed by atoms with Gasteiger partial charge < -0.3 is 10.0 Å². The first-order valence-corrected chi connectivity index (χ1v) is 9.05. The number of nitrogens with zero attached hydrogens (tertiary/aromatic N) is 7. The van der Waals surface area contributed by atoms with Crippen LogP contribution in [0.3, 0.4) is 0 Å². The van der Waals surface area contributed by atoms with Gasteiger partial charge in [-0.25, -0.2) is 0 Å². The molecule has 4 atom stereocenters. The first-order chi connectivity index (χ1) is 12.8. The van der Waals surface area contributed by atoms with Crippen LogP contribution in [0, 0.1) is 11.8 Å². The van der Waals surface area contributed by atoms with Gasteiger partial charge in [-0.05, 0) is 53.3 Å². The second-order valence-electron chi connectivity index (χ2n) is 7.24. The number of aliphatic hydroxyl groups excluding tert-OH is 1. The van der Waals surface area contributed by atoms with Crippen molar-refractivity contribution in [2.75, 3.05) is 18.0 Å². The lowest BCUT2D eigenvalue weighted by Gasteiger charge is -2.35. The minimum Gasteiger partial charge on any atom is -0.391 e. The molecule has 2 aliphatic rings. The molecular weight excluding hydrogens is 330 g/mol. The molecule has 3 aromatic rings. The molecule has 0 spiro atoms. The number of hydrogen-bond donors (Lipinski definition) is 1. The molecule has 1 aromatic carbocycles. The highest BCUT2D eigenvalue weighted by Crippen LogP contribution is 2.42. The van der Waals surface area contributed by atoms with Gasteiger partial charge in [-0.3, -0.25) is 4.68 Å². The first-order valence-electron chi connectivity index (χ1n) is 9.05. The minimum absolute atomic E-state index is 0.0521. The van der Waals surface area contributed by atoms with E-state index in [-0.39, 0.29) is 12.1 Å². The van der Waals surface area contributed by atoms with Crippen LogP contribution in [0.5, 0.6) is 0 Å². The topological polar surface area (TPSA) is 84.9 Å². The Balaban J connectivity index is 1.38. The molecule has 1 N–H and O–H groups in total. The third kappa shape index (κ3) is 2.57. The van der Waals surface area contributed by atoms with Gasteiger partial charge in [0, 0.05) is 25.5 Å². The standard InChI is InChI=1S/C18H21N7O/c26-17-10-14-12-23(11-13(14)9-16(17)24-8-4-7-19-24)18-20-21-22-25(18)15-5-2-1-3-6-15/h1-8,13-14,16-17,26H,9-12H2/t13-,14+,16-,17-/m1/s1. The predicted molar refractivity (Wildman–Crippen MR) is 94.9 cm³/mol. The summed E-state index contributed by atoms with van der Waals surface area (Å²) in [5.74, 6) is 1.74. The minimum atomic E-state index is -0.360. The Kier molecular flexibility index (Phi) is 3.70. The van der Waals surface area contributed by atoms with E-state index in [0.717, 1.165) is 37.6 Å². The highest BCUT2D eigenvalue weighted by molar-refractivity contribution is 5.41. The number of fused-ring (bicyclic) bond motifs is 1. The van der Waals surface area contributed by atoms with Gasteiger partial charge in [0.15, 0.2) is 0 Å². The fourth-order valence-corrected chi connectivity index (χ4v) is 4.45. The summed E-state index contributed by atoms with van der Waals surface area (Å²) in [6.45, 7) is 1.78. The van der Waals surface area contributed by atoms with Gasteiger partial charge in [-0.2, -0.15) is 9.78 Å². The van der Waals surface area contributed by atoms with Crippen molar-refractivity contribution in [2.24, 2.45) is 11.8 Å². The molecule has 1 saturated heterocycles. The van der Waals surface area contributed by atoms with Crippen LogP contribution in [0.15, 0.2) is 48.8 Å². The van der Waals surface area contributed by atoms with Crippen LogP contribution in [-0.4, -0.2) is 54.3 Å². The highest BCUT2D eigenvalue weighted by atomic mass is 16.3. The molecule has 0 radical (unpaired) electrons. The maximum Gasteiger partial charge on any atom is 0.250 e. The zero-order valence-corrected chi connectivity index (χ0v) is 14.3. The van der Waals surface area contributed by atoms with E-state index in [4.69, 9.17) is 0 Å². The van der Waals surface area contributed by atoms with Gasteiger partial charge in [0.25, 0.3) is 0 Å². The van der Waals surface area contributed by atoms with E-state index in [0.29, 0.717) is 11.8 Å². The lowest BCUT2D eigenvalue weighted by molar-refractivity contribution is 0.0306. The zero-order valence-electron chi connectivity index (χ0n) is 14.3. The summed E-state index contributed by atoms with van der Waals surface area (Å²) >= 11 is 0. The molecule has 26 heavy (non-hydrogen) atoms. The number of aliphatic hydroxyl groups is 1. The lowest BCUT2D eigenvalue weighted by Crippen LogP contribution is -2.36. The van der Waals surface area contributed by atoms with Crippen molar-refractivity contribution in [3.8, 4) is 5.69 Å². The van der Waals surface area contributed by atoms with Gasteiger partial charge >= 0.3 is 0 Å². The molecule has 2 aromatic heterocycles. The average molecular weight is 351 g/mol. The number of rotatable bonds is 3. The van der Waals surface area contributed by atoms with Crippen LogP contribution in [0.1, 0.15) is 18.9 Å². The van der Waals surface area contributed by atoms with E-state index in [1.54, 1.807) is 10.9 Å². The number of anilines is 1. The molecule has 0 unspecified atom stereocenters. The summed E-state index contributed by atoms with van der Waals surface area (Å²) in [5.41, 5.74) is 0.955. The summed E-state index contributed by atoms with van der Waals surface area (Å²) in [6.07, 6.45) is 5.07. The molecule has 8 heteroatoms. The summed E-state index contributed by atoms with van der Waals surface area (Å²) in [7, 11) is 0. The lowest BCUT2D eigenvalue weighted by atomic mass is 9.77.